The van der Waals surface area contributed by atoms with Crippen LogP contribution in [0.3, 0.4) is 0 Å². The van der Waals surface area contributed by atoms with Crippen molar-refractivity contribution in [1.29, 1.82) is 0 Å². The van der Waals surface area contributed by atoms with Gasteiger partial charge < -0.3 is 10.6 Å². The molecule has 2 N–H and O–H groups in total. The van der Waals surface area contributed by atoms with Crippen molar-refractivity contribution in [2.24, 2.45) is 5.92 Å². The van der Waals surface area contributed by atoms with Crippen molar-refractivity contribution in [3.8, 4) is 0 Å². The second kappa shape index (κ2) is 4.93. The van der Waals surface area contributed by atoms with Crippen molar-refractivity contribution in [2.75, 3.05) is 19.6 Å². The Labute approximate surface area is 73.2 Å². The largest absolute Gasteiger partial charge is 0.352 e. The maximum atomic E-state index is 11.0. The molecule has 1 aliphatic carbocycles. The van der Waals surface area contributed by atoms with E-state index in [1.165, 1.54) is 12.8 Å². The summed E-state index contributed by atoms with van der Waals surface area (Å²) in [7, 11) is 0. The van der Waals surface area contributed by atoms with Gasteiger partial charge in [0, 0.05) is 6.54 Å². The smallest absolute Gasteiger partial charge is 0.234 e. The number of hydrogen-bond donors (Lipinski definition) is 2. The molecule has 0 spiro atoms. The summed E-state index contributed by atoms with van der Waals surface area (Å²) in [5.74, 6) is 0.882. The summed E-state index contributed by atoms with van der Waals surface area (Å²) in [4.78, 5) is 11.0. The molecule has 0 atom stereocenters. The predicted octanol–water partition coefficient (Wildman–Crippen LogP) is 0.288. The zero-order valence-electron chi connectivity index (χ0n) is 7.31. The number of carbonyl (C=O) groups excluding carboxylic acids is 1. The van der Waals surface area contributed by atoms with Gasteiger partial charge >= 0.3 is 0 Å². The highest BCUT2D eigenvalue weighted by molar-refractivity contribution is 5.78. The minimum atomic E-state index is 0.0514. The average Bonchev–Trinajstić information content (AvgIpc) is 2.84. The zero-order valence-corrected chi connectivity index (χ0v) is 7.31. The maximum Gasteiger partial charge on any atom is 0.234 e. The fourth-order valence-corrected chi connectivity index (χ4v) is 0.960. The van der Waals surface area contributed by atoms with Crippen molar-refractivity contribution in [2.45, 2.75) is 12.8 Å². The molecule has 0 aromatic heterocycles. The third-order valence-corrected chi connectivity index (χ3v) is 1.86. The summed E-state index contributed by atoms with van der Waals surface area (Å²) < 4.78 is 0. The molecule has 1 amide bonds. The van der Waals surface area contributed by atoms with Crippen molar-refractivity contribution in [3.63, 3.8) is 0 Å². The molecule has 1 fully saturated rings. The molecule has 3 heteroatoms. The Balaban J connectivity index is 1.89. The second-order valence-corrected chi connectivity index (χ2v) is 3.17. The van der Waals surface area contributed by atoms with E-state index in [-0.39, 0.29) is 5.91 Å². The Morgan fingerprint density at radius 1 is 1.58 bits per heavy atom. The van der Waals surface area contributed by atoms with Crippen LogP contribution in [0.15, 0.2) is 12.7 Å². The minimum absolute atomic E-state index is 0.0514. The predicted molar refractivity (Wildman–Crippen MR) is 48.8 cm³/mol. The van der Waals surface area contributed by atoms with Crippen LogP contribution in [-0.4, -0.2) is 25.5 Å². The van der Waals surface area contributed by atoms with Gasteiger partial charge in [0.05, 0.1) is 6.54 Å². The SMILES string of the molecule is C=CCNC(=O)CNCC1CC1. The molecule has 0 unspecified atom stereocenters. The van der Waals surface area contributed by atoms with Crippen LogP contribution >= 0.6 is 0 Å². The summed E-state index contributed by atoms with van der Waals surface area (Å²) in [5.41, 5.74) is 0. The molecule has 1 saturated carbocycles. The van der Waals surface area contributed by atoms with Gasteiger partial charge in [-0.05, 0) is 25.3 Å². The minimum Gasteiger partial charge on any atom is -0.352 e. The third-order valence-electron chi connectivity index (χ3n) is 1.86. The Morgan fingerprint density at radius 2 is 2.33 bits per heavy atom. The van der Waals surface area contributed by atoms with E-state index in [0.717, 1.165) is 12.5 Å². The lowest BCUT2D eigenvalue weighted by atomic mass is 10.4. The molecule has 0 aromatic rings. The summed E-state index contributed by atoms with van der Waals surface area (Å²) >= 11 is 0. The fourth-order valence-electron chi connectivity index (χ4n) is 0.960. The molecule has 0 heterocycles. The van der Waals surface area contributed by atoms with Crippen LogP contribution in [0.5, 0.6) is 0 Å². The number of carbonyl (C=O) groups is 1. The van der Waals surface area contributed by atoms with E-state index in [1.807, 2.05) is 0 Å². The Morgan fingerprint density at radius 3 is 2.92 bits per heavy atom. The molecule has 3 nitrogen and oxygen atoms in total. The molecule has 12 heavy (non-hydrogen) atoms. The highest BCUT2D eigenvalue weighted by Crippen LogP contribution is 2.27. The van der Waals surface area contributed by atoms with E-state index < -0.39 is 0 Å². The molecule has 1 rings (SSSR count). The summed E-state index contributed by atoms with van der Waals surface area (Å²) in [5, 5.41) is 5.82. The average molecular weight is 168 g/mol. The van der Waals surface area contributed by atoms with Gasteiger partial charge in [-0.15, -0.1) is 6.58 Å². The van der Waals surface area contributed by atoms with Crippen LogP contribution in [0, 0.1) is 5.92 Å². The zero-order chi connectivity index (χ0) is 8.81. The molecular weight excluding hydrogens is 152 g/mol. The Hall–Kier alpha value is -0.830. The molecule has 0 saturated heterocycles. The Kier molecular flexibility index (Phi) is 3.80. The maximum absolute atomic E-state index is 11.0. The van der Waals surface area contributed by atoms with Gasteiger partial charge in [-0.2, -0.15) is 0 Å². The van der Waals surface area contributed by atoms with Crippen LogP contribution in [0.25, 0.3) is 0 Å². The third kappa shape index (κ3) is 4.13. The topological polar surface area (TPSA) is 41.1 Å². The van der Waals surface area contributed by atoms with Gasteiger partial charge in [0.25, 0.3) is 0 Å². The van der Waals surface area contributed by atoms with Gasteiger partial charge in [-0.25, -0.2) is 0 Å². The molecule has 0 bridgehead atoms. The van der Waals surface area contributed by atoms with Crippen molar-refractivity contribution >= 4 is 5.91 Å². The van der Waals surface area contributed by atoms with Gasteiger partial charge in [0.1, 0.15) is 0 Å². The Bertz CT molecular complexity index is 164. The van der Waals surface area contributed by atoms with Gasteiger partial charge in [0.15, 0.2) is 0 Å². The lowest BCUT2D eigenvalue weighted by Crippen LogP contribution is -2.34. The van der Waals surface area contributed by atoms with E-state index >= 15 is 0 Å². The molecule has 0 aromatic carbocycles. The van der Waals surface area contributed by atoms with E-state index in [1.54, 1.807) is 6.08 Å². The monoisotopic (exact) mass is 168 g/mol. The highest BCUT2D eigenvalue weighted by Gasteiger charge is 2.20. The first-order valence-electron chi connectivity index (χ1n) is 4.41. The van der Waals surface area contributed by atoms with Gasteiger partial charge in [-0.3, -0.25) is 4.79 Å². The van der Waals surface area contributed by atoms with E-state index in [0.29, 0.717) is 13.1 Å². The second-order valence-electron chi connectivity index (χ2n) is 3.17. The quantitative estimate of drug-likeness (QED) is 0.560. The molecule has 0 radical (unpaired) electrons. The number of nitrogens with one attached hydrogen (secondary N) is 2. The normalized spacial score (nSPS) is 15.7. The molecule has 68 valence electrons. The first-order chi connectivity index (χ1) is 5.83. The fraction of sp³-hybridized carbons (Fsp3) is 0.667. The first-order valence-corrected chi connectivity index (χ1v) is 4.41. The van der Waals surface area contributed by atoms with Crippen LogP contribution in [0.2, 0.25) is 0 Å². The standard InChI is InChI=1S/C9H16N2O/c1-2-5-11-9(12)7-10-6-8-3-4-8/h2,8,10H,1,3-7H2,(H,11,12). The van der Waals surface area contributed by atoms with Crippen LogP contribution in [-0.2, 0) is 4.79 Å². The lowest BCUT2D eigenvalue weighted by Gasteiger charge is -2.03. The van der Waals surface area contributed by atoms with Gasteiger partial charge in [-0.1, -0.05) is 6.08 Å². The highest BCUT2D eigenvalue weighted by atomic mass is 16.1. The van der Waals surface area contributed by atoms with E-state index in [4.69, 9.17) is 0 Å². The van der Waals surface area contributed by atoms with E-state index in [9.17, 15) is 4.79 Å². The number of amides is 1. The number of rotatable bonds is 6. The molecule has 0 aliphatic heterocycles. The van der Waals surface area contributed by atoms with Crippen LogP contribution in [0.4, 0.5) is 0 Å². The molecule has 1 aliphatic rings. The van der Waals surface area contributed by atoms with Gasteiger partial charge in [0.2, 0.25) is 5.91 Å². The van der Waals surface area contributed by atoms with Crippen LogP contribution < -0.4 is 10.6 Å². The van der Waals surface area contributed by atoms with Crippen LogP contribution in [0.1, 0.15) is 12.8 Å². The number of hydrogen-bond acceptors (Lipinski definition) is 2. The summed E-state index contributed by atoms with van der Waals surface area (Å²) in [6.07, 6.45) is 4.32. The summed E-state index contributed by atoms with van der Waals surface area (Å²) in [6, 6.07) is 0. The first kappa shape index (κ1) is 9.26. The van der Waals surface area contributed by atoms with Crippen molar-refractivity contribution < 1.29 is 4.79 Å². The molecular formula is C9H16N2O. The lowest BCUT2D eigenvalue weighted by molar-refractivity contribution is -0.120. The van der Waals surface area contributed by atoms with Crippen molar-refractivity contribution in [1.82, 2.24) is 10.6 Å². The van der Waals surface area contributed by atoms with Crippen molar-refractivity contribution in [3.05, 3.63) is 12.7 Å². The van der Waals surface area contributed by atoms with E-state index in [2.05, 4.69) is 17.2 Å². The summed E-state index contributed by atoms with van der Waals surface area (Å²) in [6.45, 7) is 5.50.